The van der Waals surface area contributed by atoms with Gasteiger partial charge in [0.15, 0.2) is 0 Å². The molecule has 0 unspecified atom stereocenters. The number of carbonyl (C=O) groups excluding carboxylic acids is 1. The summed E-state index contributed by atoms with van der Waals surface area (Å²) in [4.78, 5) is 13.4. The Balaban J connectivity index is 1.99. The van der Waals surface area contributed by atoms with Crippen molar-refractivity contribution < 1.29 is 9.53 Å². The summed E-state index contributed by atoms with van der Waals surface area (Å²) in [7, 11) is 0. The summed E-state index contributed by atoms with van der Waals surface area (Å²) in [5.41, 5.74) is 0. The molecule has 82 valence electrons. The van der Waals surface area contributed by atoms with Crippen LogP contribution < -0.4 is 5.32 Å². The number of ether oxygens (including phenoxy) is 1. The van der Waals surface area contributed by atoms with Crippen molar-refractivity contribution in [3.8, 4) is 0 Å². The molecule has 5 heteroatoms. The molecule has 1 amide bonds. The lowest BCUT2D eigenvalue weighted by Crippen LogP contribution is -2.41. The summed E-state index contributed by atoms with van der Waals surface area (Å²) < 4.78 is 5.23. The number of nitrogens with one attached hydrogen (secondary N) is 1. The summed E-state index contributed by atoms with van der Waals surface area (Å²) >= 11 is 4.00. The van der Waals surface area contributed by atoms with E-state index in [1.807, 2.05) is 0 Å². The fourth-order valence-corrected chi connectivity index (χ4v) is 1.57. The summed E-state index contributed by atoms with van der Waals surface area (Å²) in [6, 6.07) is 0. The van der Waals surface area contributed by atoms with Gasteiger partial charge in [0, 0.05) is 32.6 Å². The van der Waals surface area contributed by atoms with Gasteiger partial charge in [0.1, 0.15) is 0 Å². The number of morpholine rings is 1. The fourth-order valence-electron chi connectivity index (χ4n) is 1.37. The van der Waals surface area contributed by atoms with E-state index in [9.17, 15) is 4.79 Å². The van der Waals surface area contributed by atoms with Crippen molar-refractivity contribution in [2.75, 3.05) is 45.1 Å². The molecule has 1 heterocycles. The lowest BCUT2D eigenvalue weighted by Gasteiger charge is -2.26. The third-order valence-electron chi connectivity index (χ3n) is 2.19. The molecule has 1 N–H and O–H groups in total. The van der Waals surface area contributed by atoms with Crippen molar-refractivity contribution in [2.45, 2.75) is 6.42 Å². The van der Waals surface area contributed by atoms with E-state index in [-0.39, 0.29) is 5.91 Å². The van der Waals surface area contributed by atoms with E-state index in [0.29, 0.717) is 12.2 Å². The highest BCUT2D eigenvalue weighted by Crippen LogP contribution is 1.94. The van der Waals surface area contributed by atoms with E-state index in [1.165, 1.54) is 0 Å². The van der Waals surface area contributed by atoms with E-state index < -0.39 is 0 Å². The largest absolute Gasteiger partial charge is 0.379 e. The van der Waals surface area contributed by atoms with Crippen molar-refractivity contribution >= 4 is 18.5 Å². The lowest BCUT2D eigenvalue weighted by atomic mass is 10.4. The first-order valence-electron chi connectivity index (χ1n) is 5.00. The average Bonchev–Trinajstić information content (AvgIpc) is 2.20. The molecule has 1 saturated heterocycles. The normalized spacial score (nSPS) is 18.1. The second-order valence-corrected chi connectivity index (χ2v) is 3.72. The van der Waals surface area contributed by atoms with Gasteiger partial charge in [-0.05, 0) is 5.75 Å². The van der Waals surface area contributed by atoms with Crippen LogP contribution >= 0.6 is 12.6 Å². The smallest absolute Gasteiger partial charge is 0.220 e. The topological polar surface area (TPSA) is 41.6 Å². The van der Waals surface area contributed by atoms with Crippen molar-refractivity contribution in [3.63, 3.8) is 0 Å². The maximum Gasteiger partial charge on any atom is 0.220 e. The standard InChI is InChI=1S/C9H18N2O2S/c12-9(1-8-14)10-2-3-11-4-6-13-7-5-11/h14H,1-8H2,(H,10,12). The molecule has 1 rings (SSSR count). The Labute approximate surface area is 90.4 Å². The van der Waals surface area contributed by atoms with Crippen molar-refractivity contribution in [1.29, 1.82) is 0 Å². The second kappa shape index (κ2) is 7.09. The Morgan fingerprint density at radius 1 is 1.43 bits per heavy atom. The Hall–Kier alpha value is -0.260. The molecule has 0 radical (unpaired) electrons. The number of thiol groups is 1. The zero-order valence-electron chi connectivity index (χ0n) is 8.37. The van der Waals surface area contributed by atoms with E-state index in [1.54, 1.807) is 0 Å². The van der Waals surface area contributed by atoms with Gasteiger partial charge in [0.05, 0.1) is 13.2 Å². The Kier molecular flexibility index (Phi) is 5.98. The minimum Gasteiger partial charge on any atom is -0.379 e. The van der Waals surface area contributed by atoms with E-state index in [2.05, 4.69) is 22.8 Å². The molecule has 0 atom stereocenters. The molecule has 0 aromatic rings. The summed E-state index contributed by atoms with van der Waals surface area (Å²) in [5.74, 6) is 0.705. The first-order chi connectivity index (χ1) is 6.83. The van der Waals surface area contributed by atoms with Crippen molar-refractivity contribution in [3.05, 3.63) is 0 Å². The van der Waals surface area contributed by atoms with Crippen LogP contribution in [-0.2, 0) is 9.53 Å². The molecule has 0 spiro atoms. The van der Waals surface area contributed by atoms with Crippen LogP contribution in [0.2, 0.25) is 0 Å². The van der Waals surface area contributed by atoms with Crippen molar-refractivity contribution in [1.82, 2.24) is 10.2 Å². The van der Waals surface area contributed by atoms with Gasteiger partial charge in [0.25, 0.3) is 0 Å². The second-order valence-electron chi connectivity index (χ2n) is 3.28. The number of nitrogens with zero attached hydrogens (tertiary/aromatic N) is 1. The quantitative estimate of drug-likeness (QED) is 0.626. The summed E-state index contributed by atoms with van der Waals surface area (Å²) in [6.07, 6.45) is 0.506. The van der Waals surface area contributed by atoms with Crippen molar-refractivity contribution in [2.24, 2.45) is 0 Å². The maximum atomic E-state index is 11.1. The number of amides is 1. The predicted molar refractivity (Wildman–Crippen MR) is 58.7 cm³/mol. The van der Waals surface area contributed by atoms with Gasteiger partial charge < -0.3 is 10.1 Å². The number of rotatable bonds is 5. The molecule has 1 fully saturated rings. The monoisotopic (exact) mass is 218 g/mol. The minimum atomic E-state index is 0.0910. The van der Waals surface area contributed by atoms with Gasteiger partial charge >= 0.3 is 0 Å². The van der Waals surface area contributed by atoms with Gasteiger partial charge in [-0.25, -0.2) is 0 Å². The van der Waals surface area contributed by atoms with Crippen LogP contribution in [0.3, 0.4) is 0 Å². The number of carbonyl (C=O) groups is 1. The van der Waals surface area contributed by atoms with Gasteiger partial charge in [-0.1, -0.05) is 0 Å². The van der Waals surface area contributed by atoms with Gasteiger partial charge in [-0.2, -0.15) is 12.6 Å². The number of hydrogen-bond donors (Lipinski definition) is 2. The molecular formula is C9H18N2O2S. The molecule has 0 aromatic heterocycles. The first-order valence-corrected chi connectivity index (χ1v) is 5.64. The molecule has 1 aliphatic heterocycles. The molecule has 0 aromatic carbocycles. The third kappa shape index (κ3) is 4.83. The van der Waals surface area contributed by atoms with Crippen LogP contribution in [0, 0.1) is 0 Å². The van der Waals surface area contributed by atoms with E-state index >= 15 is 0 Å². The maximum absolute atomic E-state index is 11.1. The van der Waals surface area contributed by atoms with Gasteiger partial charge in [0.2, 0.25) is 5.91 Å². The lowest BCUT2D eigenvalue weighted by molar-refractivity contribution is -0.120. The highest BCUT2D eigenvalue weighted by Gasteiger charge is 2.09. The van der Waals surface area contributed by atoms with E-state index in [4.69, 9.17) is 4.74 Å². The molecule has 0 saturated carbocycles. The zero-order valence-corrected chi connectivity index (χ0v) is 9.26. The first kappa shape index (κ1) is 11.8. The molecule has 14 heavy (non-hydrogen) atoms. The molecule has 0 aliphatic carbocycles. The van der Waals surface area contributed by atoms with Crippen LogP contribution in [0.25, 0.3) is 0 Å². The average molecular weight is 218 g/mol. The third-order valence-corrected chi connectivity index (χ3v) is 2.42. The molecule has 0 bridgehead atoms. The highest BCUT2D eigenvalue weighted by atomic mass is 32.1. The van der Waals surface area contributed by atoms with Crippen LogP contribution in [0.15, 0.2) is 0 Å². The number of hydrogen-bond acceptors (Lipinski definition) is 4. The molecule has 1 aliphatic rings. The highest BCUT2D eigenvalue weighted by molar-refractivity contribution is 7.80. The Bertz CT molecular complexity index is 172. The van der Waals surface area contributed by atoms with Gasteiger partial charge in [-0.15, -0.1) is 0 Å². The minimum absolute atomic E-state index is 0.0910. The van der Waals surface area contributed by atoms with Gasteiger partial charge in [-0.3, -0.25) is 9.69 Å². The Morgan fingerprint density at radius 3 is 2.79 bits per heavy atom. The SMILES string of the molecule is O=C(CCS)NCCN1CCOCC1. The van der Waals surface area contributed by atoms with Crippen LogP contribution in [0.1, 0.15) is 6.42 Å². The van der Waals surface area contributed by atoms with Crippen LogP contribution in [-0.4, -0.2) is 56.0 Å². The summed E-state index contributed by atoms with van der Waals surface area (Å²) in [6.45, 7) is 5.22. The van der Waals surface area contributed by atoms with E-state index in [0.717, 1.165) is 39.4 Å². The predicted octanol–water partition coefficient (Wildman–Crippen LogP) is -0.245. The van der Waals surface area contributed by atoms with Crippen LogP contribution in [0.5, 0.6) is 0 Å². The zero-order chi connectivity index (χ0) is 10.2. The van der Waals surface area contributed by atoms with Crippen LogP contribution in [0.4, 0.5) is 0 Å². The molecule has 4 nitrogen and oxygen atoms in total. The fraction of sp³-hybridized carbons (Fsp3) is 0.889. The Morgan fingerprint density at radius 2 is 2.14 bits per heavy atom. The summed E-state index contributed by atoms with van der Waals surface area (Å²) in [5, 5.41) is 2.86. The molecular weight excluding hydrogens is 200 g/mol.